The van der Waals surface area contributed by atoms with Crippen LogP contribution in [0, 0.1) is 19.8 Å². The first-order chi connectivity index (χ1) is 15.0. The first-order valence-electron chi connectivity index (χ1n) is 10.9. The van der Waals surface area contributed by atoms with E-state index in [1.807, 2.05) is 10.3 Å². The maximum Gasteiger partial charge on any atom is 0.240 e. The number of aryl methyl sites for hydroxylation is 2. The number of hydrogen-bond acceptors (Lipinski definition) is 6. The van der Waals surface area contributed by atoms with Crippen LogP contribution in [0.25, 0.3) is 11.3 Å². The summed E-state index contributed by atoms with van der Waals surface area (Å²) in [4.78, 5) is 34.0. The highest BCUT2D eigenvalue weighted by Gasteiger charge is 2.30. The van der Waals surface area contributed by atoms with Gasteiger partial charge in [0, 0.05) is 30.6 Å². The number of carbonyl (C=O) groups excluding carboxylic acids is 2. The zero-order valence-electron chi connectivity index (χ0n) is 18.2. The molecule has 4 rings (SSSR count). The quantitative estimate of drug-likeness (QED) is 0.771. The molecule has 2 aliphatic rings. The Labute approximate surface area is 187 Å². The third-order valence-corrected chi connectivity index (χ3v) is 6.86. The van der Waals surface area contributed by atoms with Crippen LogP contribution >= 0.6 is 11.3 Å². The molecule has 0 spiro atoms. The van der Waals surface area contributed by atoms with E-state index in [1.165, 1.54) is 22.5 Å². The molecule has 166 valence electrons. The van der Waals surface area contributed by atoms with Crippen LogP contribution in [0.3, 0.4) is 0 Å². The molecule has 2 amide bonds. The molecule has 1 atom stereocenters. The number of aromatic nitrogens is 1. The van der Waals surface area contributed by atoms with Gasteiger partial charge in [0.05, 0.1) is 31.4 Å². The van der Waals surface area contributed by atoms with Gasteiger partial charge in [0.15, 0.2) is 5.13 Å². The molecule has 1 unspecified atom stereocenters. The normalized spacial score (nSPS) is 19.9. The Kier molecular flexibility index (Phi) is 6.99. The maximum atomic E-state index is 12.8. The van der Waals surface area contributed by atoms with Crippen LogP contribution < -0.4 is 5.32 Å². The van der Waals surface area contributed by atoms with Crippen molar-refractivity contribution in [2.75, 3.05) is 51.3 Å². The first-order valence-corrected chi connectivity index (χ1v) is 11.8. The molecule has 0 aliphatic carbocycles. The van der Waals surface area contributed by atoms with Gasteiger partial charge in [-0.1, -0.05) is 12.1 Å². The van der Waals surface area contributed by atoms with Crippen molar-refractivity contribution in [2.24, 2.45) is 5.92 Å². The summed E-state index contributed by atoms with van der Waals surface area (Å²) in [6, 6.07) is 6.27. The summed E-state index contributed by atoms with van der Waals surface area (Å²) >= 11 is 1.43. The van der Waals surface area contributed by atoms with Crippen molar-refractivity contribution >= 4 is 28.3 Å². The lowest BCUT2D eigenvalue weighted by molar-refractivity contribution is -0.141. The van der Waals surface area contributed by atoms with Crippen molar-refractivity contribution in [1.82, 2.24) is 14.8 Å². The van der Waals surface area contributed by atoms with E-state index in [4.69, 9.17) is 4.74 Å². The Hall–Kier alpha value is -2.29. The van der Waals surface area contributed by atoms with Gasteiger partial charge < -0.3 is 15.0 Å². The number of anilines is 1. The van der Waals surface area contributed by atoms with Gasteiger partial charge in [-0.25, -0.2) is 4.98 Å². The van der Waals surface area contributed by atoms with Crippen LogP contribution in [0.1, 0.15) is 24.0 Å². The smallest absolute Gasteiger partial charge is 0.240 e. The Balaban J connectivity index is 1.31. The van der Waals surface area contributed by atoms with Gasteiger partial charge >= 0.3 is 0 Å². The number of benzene rings is 1. The predicted molar refractivity (Wildman–Crippen MR) is 122 cm³/mol. The van der Waals surface area contributed by atoms with Crippen molar-refractivity contribution in [1.29, 1.82) is 0 Å². The molecule has 31 heavy (non-hydrogen) atoms. The van der Waals surface area contributed by atoms with E-state index in [1.54, 1.807) is 0 Å². The Morgan fingerprint density at radius 1 is 1.19 bits per heavy atom. The van der Waals surface area contributed by atoms with Crippen molar-refractivity contribution in [3.63, 3.8) is 0 Å². The van der Waals surface area contributed by atoms with Crippen LogP contribution in [0.4, 0.5) is 5.13 Å². The topological polar surface area (TPSA) is 74.8 Å². The van der Waals surface area contributed by atoms with E-state index >= 15 is 0 Å². The monoisotopic (exact) mass is 442 g/mol. The summed E-state index contributed by atoms with van der Waals surface area (Å²) in [5.41, 5.74) is 4.40. The molecule has 0 saturated carbocycles. The van der Waals surface area contributed by atoms with Crippen molar-refractivity contribution in [2.45, 2.75) is 26.7 Å². The average Bonchev–Trinajstić information content (AvgIpc) is 3.24. The van der Waals surface area contributed by atoms with Crippen LogP contribution in [0.5, 0.6) is 0 Å². The molecule has 2 saturated heterocycles. The SMILES string of the molecule is Cc1ccc(-c2csc(NC(=O)CN3CCCC(C(=O)N4CCOCC4)C3)n2)cc1C. The number of carbonyl (C=O) groups is 2. The van der Waals surface area contributed by atoms with Crippen LogP contribution in [-0.2, 0) is 14.3 Å². The number of hydrogen-bond donors (Lipinski definition) is 1. The van der Waals surface area contributed by atoms with E-state index < -0.39 is 0 Å². The number of piperidine rings is 1. The fourth-order valence-electron chi connectivity index (χ4n) is 4.17. The highest BCUT2D eigenvalue weighted by atomic mass is 32.1. The molecule has 0 bridgehead atoms. The van der Waals surface area contributed by atoms with E-state index in [9.17, 15) is 9.59 Å². The van der Waals surface area contributed by atoms with Gasteiger partial charge in [-0.3, -0.25) is 14.5 Å². The average molecular weight is 443 g/mol. The summed E-state index contributed by atoms with van der Waals surface area (Å²) in [5, 5.41) is 5.51. The largest absolute Gasteiger partial charge is 0.378 e. The van der Waals surface area contributed by atoms with Gasteiger partial charge in [0.2, 0.25) is 11.8 Å². The summed E-state index contributed by atoms with van der Waals surface area (Å²) in [7, 11) is 0. The zero-order chi connectivity index (χ0) is 21.8. The molecule has 0 radical (unpaired) electrons. The first kappa shape index (κ1) is 21.9. The van der Waals surface area contributed by atoms with E-state index in [0.717, 1.165) is 30.6 Å². The number of nitrogens with one attached hydrogen (secondary N) is 1. The lowest BCUT2D eigenvalue weighted by Crippen LogP contribution is -2.49. The van der Waals surface area contributed by atoms with Gasteiger partial charge in [0.1, 0.15) is 0 Å². The second-order valence-corrected chi connectivity index (χ2v) is 9.26. The second-order valence-electron chi connectivity index (χ2n) is 8.40. The zero-order valence-corrected chi connectivity index (χ0v) is 19.0. The van der Waals surface area contributed by atoms with Gasteiger partial charge in [-0.05, 0) is 50.4 Å². The summed E-state index contributed by atoms with van der Waals surface area (Å²) in [6.45, 7) is 8.50. The lowest BCUT2D eigenvalue weighted by Gasteiger charge is -2.35. The minimum absolute atomic E-state index is 0.0316. The minimum Gasteiger partial charge on any atom is -0.378 e. The number of thiazole rings is 1. The number of morpholine rings is 1. The van der Waals surface area contributed by atoms with Crippen molar-refractivity contribution < 1.29 is 14.3 Å². The Morgan fingerprint density at radius 2 is 2.00 bits per heavy atom. The van der Waals surface area contributed by atoms with Crippen LogP contribution in [0.2, 0.25) is 0 Å². The molecule has 7 nitrogen and oxygen atoms in total. The highest BCUT2D eigenvalue weighted by Crippen LogP contribution is 2.26. The van der Waals surface area contributed by atoms with Crippen LogP contribution in [0.15, 0.2) is 23.6 Å². The standard InChI is InChI=1S/C23H30N4O3S/c1-16-5-6-18(12-17(16)2)20-15-31-23(24-20)25-21(28)14-26-7-3-4-19(13-26)22(29)27-8-10-30-11-9-27/h5-6,12,15,19H,3-4,7-11,13-14H2,1-2H3,(H,24,25,28). The molecule has 3 heterocycles. The molecule has 1 aromatic carbocycles. The molecular formula is C23H30N4O3S. The van der Waals surface area contributed by atoms with E-state index in [-0.39, 0.29) is 24.3 Å². The van der Waals surface area contributed by atoms with Crippen LogP contribution in [-0.4, -0.2) is 72.5 Å². The fourth-order valence-corrected chi connectivity index (χ4v) is 4.90. The summed E-state index contributed by atoms with van der Waals surface area (Å²) in [5.74, 6) is 0.0858. The molecule has 1 N–H and O–H groups in total. The number of rotatable bonds is 5. The number of nitrogens with zero attached hydrogens (tertiary/aromatic N) is 3. The van der Waals surface area contributed by atoms with E-state index in [2.05, 4.69) is 47.2 Å². The Bertz CT molecular complexity index is 939. The highest BCUT2D eigenvalue weighted by molar-refractivity contribution is 7.14. The second kappa shape index (κ2) is 9.89. The van der Waals surface area contributed by atoms with Gasteiger partial charge in [0.25, 0.3) is 0 Å². The Morgan fingerprint density at radius 3 is 2.77 bits per heavy atom. The molecule has 2 aliphatic heterocycles. The summed E-state index contributed by atoms with van der Waals surface area (Å²) in [6.07, 6.45) is 1.82. The minimum atomic E-state index is -0.0829. The van der Waals surface area contributed by atoms with Gasteiger partial charge in [-0.15, -0.1) is 11.3 Å². The fraction of sp³-hybridized carbons (Fsp3) is 0.522. The number of ether oxygens (including phenoxy) is 1. The number of amides is 2. The van der Waals surface area contributed by atoms with Crippen molar-refractivity contribution in [3.05, 3.63) is 34.7 Å². The molecular weight excluding hydrogens is 412 g/mol. The maximum absolute atomic E-state index is 12.8. The third-order valence-electron chi connectivity index (χ3n) is 6.10. The molecule has 2 fully saturated rings. The number of likely N-dealkylation sites (tertiary alicyclic amines) is 1. The van der Waals surface area contributed by atoms with Gasteiger partial charge in [-0.2, -0.15) is 0 Å². The molecule has 1 aromatic heterocycles. The third kappa shape index (κ3) is 5.50. The predicted octanol–water partition coefficient (Wildman–Crippen LogP) is 2.94. The lowest BCUT2D eigenvalue weighted by atomic mass is 9.96. The molecule has 8 heteroatoms. The molecule has 2 aromatic rings. The summed E-state index contributed by atoms with van der Waals surface area (Å²) < 4.78 is 5.35. The van der Waals surface area contributed by atoms with E-state index in [0.29, 0.717) is 38.0 Å². The van der Waals surface area contributed by atoms with Crippen molar-refractivity contribution in [3.8, 4) is 11.3 Å².